The Kier molecular flexibility index (Phi) is 8.10. The van der Waals surface area contributed by atoms with E-state index in [4.69, 9.17) is 36.0 Å². The van der Waals surface area contributed by atoms with Crippen LogP contribution in [0.3, 0.4) is 0 Å². The van der Waals surface area contributed by atoms with Crippen LogP contribution in [0.1, 0.15) is 27.7 Å². The number of hydrogen-bond donors (Lipinski definition) is 2. The van der Waals surface area contributed by atoms with Crippen LogP contribution in [0.4, 0.5) is 0 Å². The lowest BCUT2D eigenvalue weighted by Crippen LogP contribution is -2.26. The molecule has 0 amide bonds. The molecular weight excluding hydrogens is 366 g/mol. The fourth-order valence-corrected chi connectivity index (χ4v) is 3.79. The molecule has 0 saturated carbocycles. The summed E-state index contributed by atoms with van der Waals surface area (Å²) in [5, 5.41) is 7.22. The van der Waals surface area contributed by atoms with Gasteiger partial charge < -0.3 is 10.6 Å². The molecule has 2 N–H and O–H groups in total. The SMILES string of the molecule is CC(C)NC(=S)Sc1nc(Cl)nc(SC(=S)NC(C)C)n1. The van der Waals surface area contributed by atoms with Gasteiger partial charge in [-0.1, -0.05) is 24.4 Å². The molecule has 0 unspecified atom stereocenters. The van der Waals surface area contributed by atoms with Crippen LogP contribution < -0.4 is 10.6 Å². The molecular formula is C11H16ClN5S4. The minimum atomic E-state index is 0.120. The van der Waals surface area contributed by atoms with E-state index in [1.165, 1.54) is 23.5 Å². The van der Waals surface area contributed by atoms with Gasteiger partial charge in [-0.2, -0.15) is 15.0 Å². The summed E-state index contributed by atoms with van der Waals surface area (Å²) in [7, 11) is 0. The highest BCUT2D eigenvalue weighted by atomic mass is 35.5. The summed E-state index contributed by atoms with van der Waals surface area (Å²) in [4.78, 5) is 12.4. The average Bonchev–Trinajstić information content (AvgIpc) is 2.24. The second kappa shape index (κ2) is 9.04. The van der Waals surface area contributed by atoms with Crippen molar-refractivity contribution in [2.45, 2.75) is 50.1 Å². The van der Waals surface area contributed by atoms with Gasteiger partial charge in [-0.15, -0.1) is 0 Å². The van der Waals surface area contributed by atoms with Crippen molar-refractivity contribution in [3.8, 4) is 0 Å². The van der Waals surface area contributed by atoms with Gasteiger partial charge in [0.15, 0.2) is 10.3 Å². The third-order valence-corrected chi connectivity index (χ3v) is 3.99. The van der Waals surface area contributed by atoms with Gasteiger partial charge in [0.25, 0.3) is 0 Å². The van der Waals surface area contributed by atoms with Gasteiger partial charge in [0.1, 0.15) is 8.64 Å². The number of thioether (sulfide) groups is 2. The zero-order chi connectivity index (χ0) is 16.0. The predicted molar refractivity (Wildman–Crippen MR) is 98.3 cm³/mol. The molecule has 0 spiro atoms. The Morgan fingerprint density at radius 1 is 0.905 bits per heavy atom. The molecule has 1 aromatic rings. The monoisotopic (exact) mass is 381 g/mol. The smallest absolute Gasteiger partial charge is 0.227 e. The molecule has 0 aliphatic carbocycles. The third kappa shape index (κ3) is 8.10. The quantitative estimate of drug-likeness (QED) is 0.604. The molecule has 1 aromatic heterocycles. The van der Waals surface area contributed by atoms with Crippen LogP contribution in [0.15, 0.2) is 10.3 Å². The van der Waals surface area contributed by atoms with Crippen LogP contribution in [0, 0.1) is 0 Å². The van der Waals surface area contributed by atoms with Crippen molar-refractivity contribution >= 4 is 68.2 Å². The highest BCUT2D eigenvalue weighted by Gasteiger charge is 2.11. The van der Waals surface area contributed by atoms with E-state index in [-0.39, 0.29) is 17.4 Å². The Morgan fingerprint density at radius 3 is 1.62 bits per heavy atom. The van der Waals surface area contributed by atoms with E-state index in [0.29, 0.717) is 19.0 Å². The molecule has 1 heterocycles. The largest absolute Gasteiger partial charge is 0.368 e. The van der Waals surface area contributed by atoms with E-state index in [1.54, 1.807) is 0 Å². The first-order valence-electron chi connectivity index (χ1n) is 6.14. The van der Waals surface area contributed by atoms with E-state index in [2.05, 4.69) is 25.6 Å². The van der Waals surface area contributed by atoms with Gasteiger partial charge >= 0.3 is 0 Å². The zero-order valence-electron chi connectivity index (χ0n) is 12.0. The zero-order valence-corrected chi connectivity index (χ0v) is 16.0. The minimum absolute atomic E-state index is 0.120. The summed E-state index contributed by atoms with van der Waals surface area (Å²) in [6.45, 7) is 8.02. The number of thiocarbonyl (C=S) groups is 2. The highest BCUT2D eigenvalue weighted by molar-refractivity contribution is 8.23. The molecule has 0 bridgehead atoms. The van der Waals surface area contributed by atoms with Gasteiger partial charge in [-0.05, 0) is 62.8 Å². The van der Waals surface area contributed by atoms with Crippen LogP contribution in [0.2, 0.25) is 5.28 Å². The second-order valence-corrected chi connectivity index (χ2v) is 8.17. The van der Waals surface area contributed by atoms with E-state index in [0.717, 1.165) is 0 Å². The summed E-state index contributed by atoms with van der Waals surface area (Å²) >= 11 is 18.8. The number of halogens is 1. The summed E-state index contributed by atoms with van der Waals surface area (Å²) in [6, 6.07) is 0.498. The summed E-state index contributed by atoms with van der Waals surface area (Å²) < 4.78 is 1.18. The van der Waals surface area contributed by atoms with Crippen LogP contribution in [-0.2, 0) is 0 Å². The Morgan fingerprint density at radius 2 is 1.29 bits per heavy atom. The van der Waals surface area contributed by atoms with Gasteiger partial charge in [0.05, 0.1) is 0 Å². The standard InChI is InChI=1S/C11H16ClN5S4/c1-5(2)13-10(18)20-8-15-7(12)16-9(17-8)21-11(19)14-6(3)4/h5-6H,1-4H3,(H,13,18)(H,14,19). The summed E-state index contributed by atoms with van der Waals surface area (Å²) in [5.74, 6) is 0. The van der Waals surface area contributed by atoms with Gasteiger partial charge in [0, 0.05) is 12.1 Å². The molecule has 0 fully saturated rings. The summed E-state index contributed by atoms with van der Waals surface area (Å²) in [6.07, 6.45) is 0. The molecule has 1 rings (SSSR count). The Balaban J connectivity index is 2.75. The van der Waals surface area contributed by atoms with Crippen LogP contribution >= 0.6 is 59.6 Å². The molecule has 0 radical (unpaired) electrons. The minimum Gasteiger partial charge on any atom is -0.368 e. The maximum atomic E-state index is 5.91. The Labute approximate surface area is 148 Å². The third-order valence-electron chi connectivity index (χ3n) is 1.75. The van der Waals surface area contributed by atoms with Crippen molar-refractivity contribution in [2.75, 3.05) is 0 Å². The summed E-state index contributed by atoms with van der Waals surface area (Å²) in [5.41, 5.74) is 0. The van der Waals surface area contributed by atoms with Gasteiger partial charge in [-0.3, -0.25) is 0 Å². The van der Waals surface area contributed by atoms with Crippen LogP contribution in [0.25, 0.3) is 0 Å². The van der Waals surface area contributed by atoms with Crippen molar-refractivity contribution in [1.82, 2.24) is 25.6 Å². The van der Waals surface area contributed by atoms with E-state index >= 15 is 0 Å². The molecule has 21 heavy (non-hydrogen) atoms. The predicted octanol–water partition coefficient (Wildman–Crippen LogP) is 3.28. The number of nitrogens with one attached hydrogen (secondary N) is 2. The molecule has 10 heteroatoms. The highest BCUT2D eigenvalue weighted by Crippen LogP contribution is 2.21. The van der Waals surface area contributed by atoms with Crippen molar-refractivity contribution in [2.24, 2.45) is 0 Å². The fraction of sp³-hybridized carbons (Fsp3) is 0.545. The molecule has 116 valence electrons. The normalized spacial score (nSPS) is 10.8. The maximum absolute atomic E-state index is 5.91. The lowest BCUT2D eigenvalue weighted by molar-refractivity contribution is 0.745. The van der Waals surface area contributed by atoms with Gasteiger partial charge in [-0.25, -0.2) is 0 Å². The van der Waals surface area contributed by atoms with Crippen molar-refractivity contribution in [1.29, 1.82) is 0 Å². The average molecular weight is 382 g/mol. The molecule has 5 nitrogen and oxygen atoms in total. The number of nitrogens with zero attached hydrogens (tertiary/aromatic N) is 3. The first-order valence-corrected chi connectivity index (χ1v) is 8.97. The Hall–Kier alpha value is -0.220. The van der Waals surface area contributed by atoms with E-state index in [1.807, 2.05) is 27.7 Å². The molecule has 0 aliphatic heterocycles. The lowest BCUT2D eigenvalue weighted by Gasteiger charge is -2.11. The van der Waals surface area contributed by atoms with Crippen molar-refractivity contribution < 1.29 is 0 Å². The maximum Gasteiger partial charge on any atom is 0.227 e. The van der Waals surface area contributed by atoms with Gasteiger partial charge in [0.2, 0.25) is 5.28 Å². The van der Waals surface area contributed by atoms with Crippen LogP contribution in [-0.4, -0.2) is 35.7 Å². The first kappa shape index (κ1) is 18.8. The first-order chi connectivity index (χ1) is 9.76. The molecule has 0 saturated heterocycles. The van der Waals surface area contributed by atoms with Crippen molar-refractivity contribution in [3.05, 3.63) is 5.28 Å². The van der Waals surface area contributed by atoms with Crippen LogP contribution in [0.5, 0.6) is 0 Å². The van der Waals surface area contributed by atoms with E-state index in [9.17, 15) is 0 Å². The molecule has 0 aliphatic rings. The molecule has 0 atom stereocenters. The lowest BCUT2D eigenvalue weighted by atomic mass is 10.4. The number of hydrogen-bond acceptors (Lipinski definition) is 7. The fourth-order valence-electron chi connectivity index (χ4n) is 1.10. The topological polar surface area (TPSA) is 62.7 Å². The number of rotatable bonds is 4. The number of aromatic nitrogens is 3. The molecule has 0 aromatic carbocycles. The Bertz CT molecular complexity index is 481. The second-order valence-electron chi connectivity index (χ2n) is 4.55. The van der Waals surface area contributed by atoms with E-state index < -0.39 is 0 Å². The van der Waals surface area contributed by atoms with Crippen molar-refractivity contribution in [3.63, 3.8) is 0 Å².